The monoisotopic (exact) mass is 462 g/mol. The van der Waals surface area contributed by atoms with Gasteiger partial charge in [0.1, 0.15) is 30.3 Å². The van der Waals surface area contributed by atoms with E-state index < -0.39 is 23.4 Å². The van der Waals surface area contributed by atoms with Crippen molar-refractivity contribution in [1.29, 1.82) is 0 Å². The Morgan fingerprint density at radius 2 is 1.88 bits per heavy atom. The zero-order chi connectivity index (χ0) is 22.7. The lowest BCUT2D eigenvalue weighted by Crippen LogP contribution is -2.12. The van der Waals surface area contributed by atoms with Crippen LogP contribution in [0.2, 0.25) is 5.02 Å². The summed E-state index contributed by atoms with van der Waals surface area (Å²) in [6.07, 6.45) is 1.38. The molecule has 1 N–H and O–H groups in total. The average molecular weight is 463 g/mol. The standard InChI is InChI=1S/C21H14ClF3N4O3/c22-16-7-13(23)2-1-12(16)9-29-11-26-21(28-29)27-20(30)19-6-4-15(32-19)10-31-18-5-3-14(24)8-17(18)25/h1-8,11H,9-10H2,(H,27,28,30). The van der Waals surface area contributed by atoms with E-state index in [2.05, 4.69) is 15.4 Å². The van der Waals surface area contributed by atoms with Crippen molar-refractivity contribution in [1.82, 2.24) is 14.8 Å². The van der Waals surface area contributed by atoms with E-state index in [-0.39, 0.29) is 41.4 Å². The third-order valence-electron chi connectivity index (χ3n) is 4.26. The summed E-state index contributed by atoms with van der Waals surface area (Å²) in [5.74, 6) is -2.54. The smallest absolute Gasteiger partial charge is 0.293 e. The van der Waals surface area contributed by atoms with Gasteiger partial charge in [-0.2, -0.15) is 0 Å². The first-order valence-electron chi connectivity index (χ1n) is 9.18. The molecule has 2 heterocycles. The summed E-state index contributed by atoms with van der Waals surface area (Å²) in [5, 5.41) is 6.84. The number of furan rings is 1. The van der Waals surface area contributed by atoms with Gasteiger partial charge in [0.25, 0.3) is 5.91 Å². The number of anilines is 1. The molecule has 0 radical (unpaired) electrons. The van der Waals surface area contributed by atoms with Gasteiger partial charge in [0.15, 0.2) is 17.3 Å². The van der Waals surface area contributed by atoms with Gasteiger partial charge in [-0.25, -0.2) is 22.8 Å². The second kappa shape index (κ2) is 9.15. The normalized spacial score (nSPS) is 10.9. The number of nitrogens with one attached hydrogen (secondary N) is 1. The quantitative estimate of drug-likeness (QED) is 0.426. The molecular weight excluding hydrogens is 449 g/mol. The fraction of sp³-hybridized carbons (Fsp3) is 0.0952. The maximum absolute atomic E-state index is 13.6. The lowest BCUT2D eigenvalue weighted by Gasteiger charge is -2.05. The van der Waals surface area contributed by atoms with Crippen LogP contribution in [-0.4, -0.2) is 20.7 Å². The first kappa shape index (κ1) is 21.4. The van der Waals surface area contributed by atoms with E-state index in [0.717, 1.165) is 12.1 Å². The second-order valence-electron chi connectivity index (χ2n) is 6.58. The maximum Gasteiger partial charge on any atom is 0.293 e. The van der Waals surface area contributed by atoms with Gasteiger partial charge in [0.05, 0.1) is 6.54 Å². The molecule has 0 fully saturated rings. The summed E-state index contributed by atoms with van der Waals surface area (Å²) in [6, 6.07) is 9.82. The molecule has 11 heteroatoms. The molecule has 7 nitrogen and oxygen atoms in total. The molecule has 4 aromatic rings. The molecule has 0 aliphatic carbocycles. The number of halogens is 4. The molecule has 164 valence electrons. The summed E-state index contributed by atoms with van der Waals surface area (Å²) < 4.78 is 51.7. The zero-order valence-electron chi connectivity index (χ0n) is 16.2. The van der Waals surface area contributed by atoms with Gasteiger partial charge in [0, 0.05) is 11.1 Å². The number of hydrogen-bond acceptors (Lipinski definition) is 5. The van der Waals surface area contributed by atoms with Crippen LogP contribution in [0.5, 0.6) is 5.75 Å². The lowest BCUT2D eigenvalue weighted by atomic mass is 10.2. The minimum Gasteiger partial charge on any atom is -0.483 e. The Bertz CT molecular complexity index is 1270. The molecule has 0 atom stereocenters. The maximum atomic E-state index is 13.6. The van der Waals surface area contributed by atoms with Gasteiger partial charge in [-0.05, 0) is 42.0 Å². The predicted molar refractivity (Wildman–Crippen MR) is 108 cm³/mol. The van der Waals surface area contributed by atoms with Crippen LogP contribution in [0.4, 0.5) is 19.1 Å². The summed E-state index contributed by atoms with van der Waals surface area (Å²) in [6.45, 7) is 0.0608. The van der Waals surface area contributed by atoms with Gasteiger partial charge in [0.2, 0.25) is 5.95 Å². The number of benzene rings is 2. The van der Waals surface area contributed by atoms with E-state index >= 15 is 0 Å². The molecule has 0 saturated carbocycles. The van der Waals surface area contributed by atoms with Crippen molar-refractivity contribution >= 4 is 23.5 Å². The average Bonchev–Trinajstić information content (AvgIpc) is 3.39. The topological polar surface area (TPSA) is 82.2 Å². The summed E-state index contributed by atoms with van der Waals surface area (Å²) in [7, 11) is 0. The number of amides is 1. The van der Waals surface area contributed by atoms with Crippen LogP contribution in [0, 0.1) is 17.5 Å². The number of carbonyl (C=O) groups is 1. The highest BCUT2D eigenvalue weighted by molar-refractivity contribution is 6.31. The fourth-order valence-electron chi connectivity index (χ4n) is 2.73. The van der Waals surface area contributed by atoms with Gasteiger partial charge < -0.3 is 9.15 Å². The molecule has 2 aromatic carbocycles. The molecule has 0 unspecified atom stereocenters. The third kappa shape index (κ3) is 5.09. The van der Waals surface area contributed by atoms with Crippen molar-refractivity contribution < 1.29 is 27.1 Å². The molecule has 0 saturated heterocycles. The Balaban J connectivity index is 1.35. The number of nitrogens with zero attached hydrogens (tertiary/aromatic N) is 3. The van der Waals surface area contributed by atoms with Gasteiger partial charge in [-0.1, -0.05) is 17.7 Å². The Labute approximate surface area is 184 Å². The summed E-state index contributed by atoms with van der Waals surface area (Å²) >= 11 is 6.00. The Morgan fingerprint density at radius 1 is 1.09 bits per heavy atom. The first-order valence-corrected chi connectivity index (χ1v) is 9.56. The van der Waals surface area contributed by atoms with Crippen molar-refractivity contribution in [2.24, 2.45) is 0 Å². The minimum absolute atomic E-state index is 0.0239. The molecule has 0 aliphatic heterocycles. The lowest BCUT2D eigenvalue weighted by molar-refractivity contribution is 0.0991. The van der Waals surface area contributed by atoms with Crippen molar-refractivity contribution in [2.45, 2.75) is 13.2 Å². The second-order valence-corrected chi connectivity index (χ2v) is 6.99. The highest BCUT2D eigenvalue weighted by Gasteiger charge is 2.15. The SMILES string of the molecule is O=C(Nc1ncn(Cc2ccc(F)cc2Cl)n1)c1ccc(COc2ccc(F)cc2F)o1. The molecular formula is C21H14ClF3N4O3. The number of aromatic nitrogens is 3. The van der Waals surface area contributed by atoms with Gasteiger partial charge in [-0.15, -0.1) is 5.10 Å². The van der Waals surface area contributed by atoms with Crippen LogP contribution in [0.25, 0.3) is 0 Å². The predicted octanol–water partition coefficient (Wildman–Crippen LogP) is 4.82. The molecule has 0 aliphatic rings. The van der Waals surface area contributed by atoms with Crippen LogP contribution in [0.1, 0.15) is 21.9 Å². The Morgan fingerprint density at radius 3 is 2.66 bits per heavy atom. The summed E-state index contributed by atoms with van der Waals surface area (Å²) in [5.41, 5.74) is 0.629. The van der Waals surface area contributed by atoms with Crippen molar-refractivity contribution in [3.8, 4) is 5.75 Å². The number of ether oxygens (including phenoxy) is 1. The van der Waals surface area contributed by atoms with Crippen LogP contribution < -0.4 is 10.1 Å². The van der Waals surface area contributed by atoms with E-state index in [4.69, 9.17) is 20.8 Å². The van der Waals surface area contributed by atoms with Crippen LogP contribution in [0.3, 0.4) is 0 Å². The highest BCUT2D eigenvalue weighted by atomic mass is 35.5. The van der Waals surface area contributed by atoms with E-state index in [1.54, 1.807) is 0 Å². The van der Waals surface area contributed by atoms with E-state index in [1.807, 2.05) is 0 Å². The van der Waals surface area contributed by atoms with Crippen molar-refractivity contribution in [2.75, 3.05) is 5.32 Å². The Kier molecular flexibility index (Phi) is 6.13. The van der Waals surface area contributed by atoms with Crippen LogP contribution in [-0.2, 0) is 13.2 Å². The molecule has 0 bridgehead atoms. The zero-order valence-corrected chi connectivity index (χ0v) is 16.9. The number of hydrogen-bond donors (Lipinski definition) is 1. The number of rotatable bonds is 7. The van der Waals surface area contributed by atoms with Crippen molar-refractivity contribution in [3.63, 3.8) is 0 Å². The molecule has 1 amide bonds. The number of carbonyl (C=O) groups excluding carboxylic acids is 1. The molecule has 4 rings (SSSR count). The highest BCUT2D eigenvalue weighted by Crippen LogP contribution is 2.20. The minimum atomic E-state index is -0.849. The first-order chi connectivity index (χ1) is 15.4. The fourth-order valence-corrected chi connectivity index (χ4v) is 2.96. The Hall–Kier alpha value is -3.79. The van der Waals surface area contributed by atoms with Gasteiger partial charge >= 0.3 is 0 Å². The van der Waals surface area contributed by atoms with Crippen molar-refractivity contribution in [3.05, 3.63) is 94.4 Å². The van der Waals surface area contributed by atoms with E-state index in [9.17, 15) is 18.0 Å². The molecule has 2 aromatic heterocycles. The van der Waals surface area contributed by atoms with E-state index in [1.165, 1.54) is 41.3 Å². The van der Waals surface area contributed by atoms with Gasteiger partial charge in [-0.3, -0.25) is 10.1 Å². The summed E-state index contributed by atoms with van der Waals surface area (Å²) in [4.78, 5) is 16.3. The van der Waals surface area contributed by atoms with Crippen LogP contribution in [0.15, 0.2) is 59.3 Å². The third-order valence-corrected chi connectivity index (χ3v) is 4.61. The largest absolute Gasteiger partial charge is 0.483 e. The van der Waals surface area contributed by atoms with Crippen LogP contribution >= 0.6 is 11.6 Å². The molecule has 32 heavy (non-hydrogen) atoms. The van der Waals surface area contributed by atoms with E-state index in [0.29, 0.717) is 11.6 Å². The molecule has 0 spiro atoms.